The second-order valence-corrected chi connectivity index (χ2v) is 7.30. The molecular weight excluding hydrogens is 312 g/mol. The van der Waals surface area contributed by atoms with Crippen LogP contribution >= 0.6 is 11.6 Å². The number of aryl methyl sites for hydroxylation is 1. The Kier molecular flexibility index (Phi) is 6.01. The smallest absolute Gasteiger partial charge is 0.262 e. The van der Waals surface area contributed by atoms with E-state index < -0.39 is 10.0 Å². The van der Waals surface area contributed by atoms with Gasteiger partial charge >= 0.3 is 0 Å². The van der Waals surface area contributed by atoms with Crippen molar-refractivity contribution in [3.8, 4) is 0 Å². The largest absolute Gasteiger partial charge is 0.301 e. The third-order valence-corrected chi connectivity index (χ3v) is 5.20. The van der Waals surface area contributed by atoms with Crippen LogP contribution < -0.4 is 4.89 Å². The van der Waals surface area contributed by atoms with E-state index in [-0.39, 0.29) is 4.90 Å². The molecule has 7 heteroatoms. The van der Waals surface area contributed by atoms with Crippen molar-refractivity contribution in [3.05, 3.63) is 28.8 Å². The van der Waals surface area contributed by atoms with E-state index in [1.54, 1.807) is 6.07 Å². The maximum atomic E-state index is 12.0. The van der Waals surface area contributed by atoms with Gasteiger partial charge in [0.1, 0.15) is 0 Å². The zero-order valence-electron chi connectivity index (χ0n) is 12.1. The van der Waals surface area contributed by atoms with Crippen LogP contribution in [-0.2, 0) is 14.9 Å². The van der Waals surface area contributed by atoms with Crippen LogP contribution in [-0.4, -0.2) is 39.6 Å². The summed E-state index contributed by atoms with van der Waals surface area (Å²) in [6.45, 7) is 5.00. The molecule has 1 N–H and O–H groups in total. The van der Waals surface area contributed by atoms with Crippen molar-refractivity contribution in [1.82, 2.24) is 9.79 Å². The molecule has 2 rings (SSSR count). The van der Waals surface area contributed by atoms with Crippen molar-refractivity contribution in [3.63, 3.8) is 0 Å². The Morgan fingerprint density at radius 2 is 2.00 bits per heavy atom. The van der Waals surface area contributed by atoms with Crippen molar-refractivity contribution < 1.29 is 13.3 Å². The number of benzene rings is 1. The molecule has 1 heterocycles. The molecule has 118 valence electrons. The molecule has 0 bridgehead atoms. The van der Waals surface area contributed by atoms with E-state index in [2.05, 4.69) is 9.79 Å². The molecule has 0 saturated carbocycles. The fourth-order valence-corrected chi connectivity index (χ4v) is 3.37. The first-order valence-electron chi connectivity index (χ1n) is 7.11. The molecule has 0 atom stereocenters. The number of rotatable bonds is 6. The number of hydrogen-bond acceptors (Lipinski definition) is 4. The van der Waals surface area contributed by atoms with Gasteiger partial charge in [0.2, 0.25) is 0 Å². The Hall–Kier alpha value is -0.660. The van der Waals surface area contributed by atoms with Crippen LogP contribution in [0.1, 0.15) is 24.8 Å². The lowest BCUT2D eigenvalue weighted by molar-refractivity contribution is 0.0656. The molecular formula is C14H21ClN2O3S. The highest BCUT2D eigenvalue weighted by atomic mass is 35.5. The minimum Gasteiger partial charge on any atom is -0.301 e. The fourth-order valence-electron chi connectivity index (χ4n) is 2.27. The standard InChI is InChI=1S/C14H21ClN2O3S/c1-12-5-6-13(11-14(12)15)21(18,19)16-20-10-9-17-7-3-2-4-8-17/h5-6,11,16H,2-4,7-10H2,1H3. The topological polar surface area (TPSA) is 58.6 Å². The van der Waals surface area contributed by atoms with Gasteiger partial charge in [-0.1, -0.05) is 29.0 Å². The van der Waals surface area contributed by atoms with Gasteiger partial charge in [0.05, 0.1) is 11.5 Å². The van der Waals surface area contributed by atoms with E-state index in [4.69, 9.17) is 16.4 Å². The van der Waals surface area contributed by atoms with E-state index in [1.807, 2.05) is 6.92 Å². The molecule has 0 aromatic heterocycles. The van der Waals surface area contributed by atoms with E-state index in [0.29, 0.717) is 11.6 Å². The van der Waals surface area contributed by atoms with Gasteiger partial charge in [-0.15, -0.1) is 0 Å². The Morgan fingerprint density at radius 1 is 1.29 bits per heavy atom. The van der Waals surface area contributed by atoms with Gasteiger partial charge in [-0.25, -0.2) is 8.42 Å². The maximum absolute atomic E-state index is 12.0. The number of likely N-dealkylation sites (tertiary alicyclic amines) is 1. The van der Waals surface area contributed by atoms with E-state index in [9.17, 15) is 8.42 Å². The van der Waals surface area contributed by atoms with Crippen LogP contribution in [0.2, 0.25) is 5.02 Å². The highest BCUT2D eigenvalue weighted by Crippen LogP contribution is 2.19. The number of piperidine rings is 1. The average molecular weight is 333 g/mol. The van der Waals surface area contributed by atoms with Gasteiger partial charge in [0.15, 0.2) is 0 Å². The number of sulfonamides is 1. The molecule has 0 amide bonds. The zero-order valence-corrected chi connectivity index (χ0v) is 13.7. The maximum Gasteiger partial charge on any atom is 0.262 e. The highest BCUT2D eigenvalue weighted by Gasteiger charge is 2.16. The summed E-state index contributed by atoms with van der Waals surface area (Å²) >= 11 is 5.94. The molecule has 1 fully saturated rings. The second kappa shape index (κ2) is 7.56. The Bertz CT molecular complexity index is 572. The number of nitrogens with zero attached hydrogens (tertiary/aromatic N) is 1. The van der Waals surface area contributed by atoms with Crippen LogP contribution in [0.15, 0.2) is 23.1 Å². The van der Waals surface area contributed by atoms with E-state index in [1.165, 1.54) is 31.4 Å². The van der Waals surface area contributed by atoms with Crippen LogP contribution in [0.3, 0.4) is 0 Å². The van der Waals surface area contributed by atoms with Crippen LogP contribution in [0.25, 0.3) is 0 Å². The lowest BCUT2D eigenvalue weighted by atomic mass is 10.1. The SMILES string of the molecule is Cc1ccc(S(=O)(=O)NOCCN2CCCCC2)cc1Cl. The van der Waals surface area contributed by atoms with Crippen molar-refractivity contribution in [2.24, 2.45) is 0 Å². The Labute approximate surface area is 131 Å². The molecule has 1 aromatic rings. The zero-order chi connectivity index (χ0) is 15.3. The summed E-state index contributed by atoms with van der Waals surface area (Å²) in [5, 5.41) is 0.422. The molecule has 1 aromatic carbocycles. The van der Waals surface area contributed by atoms with Gasteiger partial charge < -0.3 is 4.90 Å². The lowest BCUT2D eigenvalue weighted by Crippen LogP contribution is -2.35. The summed E-state index contributed by atoms with van der Waals surface area (Å²) in [6, 6.07) is 4.61. The first-order valence-corrected chi connectivity index (χ1v) is 8.97. The molecule has 0 aliphatic carbocycles. The first-order chi connectivity index (χ1) is 9.99. The van der Waals surface area contributed by atoms with Gasteiger partial charge in [0, 0.05) is 11.6 Å². The molecule has 1 aliphatic heterocycles. The quantitative estimate of drug-likeness (QED) is 0.641. The second-order valence-electron chi connectivity index (χ2n) is 5.25. The van der Waals surface area contributed by atoms with Crippen molar-refractivity contribution in [1.29, 1.82) is 0 Å². The normalized spacial score (nSPS) is 17.0. The van der Waals surface area contributed by atoms with Gasteiger partial charge in [0.25, 0.3) is 10.0 Å². The van der Waals surface area contributed by atoms with Crippen LogP contribution in [0.5, 0.6) is 0 Å². The molecule has 1 saturated heterocycles. The van der Waals surface area contributed by atoms with Crippen LogP contribution in [0, 0.1) is 6.92 Å². The third-order valence-electron chi connectivity index (χ3n) is 3.58. The third kappa shape index (κ3) is 4.93. The number of hydrogen-bond donors (Lipinski definition) is 1. The van der Waals surface area contributed by atoms with Crippen molar-refractivity contribution in [2.75, 3.05) is 26.2 Å². The molecule has 21 heavy (non-hydrogen) atoms. The Balaban J connectivity index is 1.82. The highest BCUT2D eigenvalue weighted by molar-refractivity contribution is 7.89. The minimum atomic E-state index is -3.68. The van der Waals surface area contributed by atoms with E-state index >= 15 is 0 Å². The summed E-state index contributed by atoms with van der Waals surface area (Å²) < 4.78 is 24.1. The summed E-state index contributed by atoms with van der Waals surface area (Å²) in [5.74, 6) is 0. The summed E-state index contributed by atoms with van der Waals surface area (Å²) in [5.41, 5.74) is 0.835. The van der Waals surface area contributed by atoms with Gasteiger partial charge in [-0.2, -0.15) is 0 Å². The average Bonchev–Trinajstić information content (AvgIpc) is 2.47. The summed E-state index contributed by atoms with van der Waals surface area (Å²) in [4.78, 5) is 9.64. The van der Waals surface area contributed by atoms with Gasteiger partial charge in [-0.3, -0.25) is 4.84 Å². The molecule has 0 radical (unpaired) electrons. The van der Waals surface area contributed by atoms with Crippen LogP contribution in [0.4, 0.5) is 0 Å². The monoisotopic (exact) mass is 332 g/mol. The number of halogens is 1. The van der Waals surface area contributed by atoms with E-state index in [0.717, 1.165) is 25.2 Å². The molecule has 0 unspecified atom stereocenters. The molecule has 0 spiro atoms. The first kappa shape index (κ1) is 16.7. The summed E-state index contributed by atoms with van der Waals surface area (Å²) in [7, 11) is -3.68. The molecule has 5 nitrogen and oxygen atoms in total. The Morgan fingerprint density at radius 3 is 2.67 bits per heavy atom. The summed E-state index contributed by atoms with van der Waals surface area (Å²) in [6.07, 6.45) is 3.68. The van der Waals surface area contributed by atoms with Gasteiger partial charge in [-0.05, 0) is 50.6 Å². The predicted octanol–water partition coefficient (Wildman–Crippen LogP) is 2.34. The lowest BCUT2D eigenvalue weighted by Gasteiger charge is -2.25. The molecule has 1 aliphatic rings. The number of nitrogens with one attached hydrogen (secondary N) is 1. The minimum absolute atomic E-state index is 0.107. The van der Waals surface area contributed by atoms with Crippen molar-refractivity contribution >= 4 is 21.6 Å². The fraction of sp³-hybridized carbons (Fsp3) is 0.571. The van der Waals surface area contributed by atoms with Crippen molar-refractivity contribution in [2.45, 2.75) is 31.1 Å². The predicted molar refractivity (Wildman–Crippen MR) is 82.8 cm³/mol.